The van der Waals surface area contributed by atoms with E-state index in [1.165, 1.54) is 22.4 Å². The number of rotatable bonds is 6. The average molecular weight is 371 g/mol. The van der Waals surface area contributed by atoms with E-state index in [1.54, 1.807) is 6.07 Å². The molecule has 0 fully saturated rings. The van der Waals surface area contributed by atoms with Crippen LogP contribution in [0.1, 0.15) is 23.3 Å². The summed E-state index contributed by atoms with van der Waals surface area (Å²) >= 11 is 3.80. The second kappa shape index (κ2) is 7.68. The lowest BCUT2D eigenvalue weighted by atomic mass is 9.99. The Morgan fingerprint density at radius 1 is 1.28 bits per heavy atom. The van der Waals surface area contributed by atoms with Crippen molar-refractivity contribution in [2.24, 2.45) is 0 Å². The smallest absolute Gasteiger partial charge is 0.116 e. The lowest BCUT2D eigenvalue weighted by Gasteiger charge is -2.23. The van der Waals surface area contributed by atoms with E-state index in [9.17, 15) is 5.11 Å². The van der Waals surface area contributed by atoms with Crippen LogP contribution >= 0.6 is 23.1 Å². The van der Waals surface area contributed by atoms with Crippen molar-refractivity contribution in [1.29, 1.82) is 0 Å². The Hall–Kier alpha value is -1.69. The van der Waals surface area contributed by atoms with Crippen molar-refractivity contribution >= 4 is 39.6 Å². The van der Waals surface area contributed by atoms with E-state index in [1.807, 2.05) is 35.2 Å². The fourth-order valence-electron chi connectivity index (χ4n) is 3.33. The van der Waals surface area contributed by atoms with E-state index >= 15 is 0 Å². The molecule has 3 N–H and O–H groups in total. The first-order chi connectivity index (χ1) is 12.3. The molecule has 0 saturated heterocycles. The van der Waals surface area contributed by atoms with Gasteiger partial charge in [0.05, 0.1) is 0 Å². The molecule has 4 rings (SSSR count). The van der Waals surface area contributed by atoms with E-state index in [0.717, 1.165) is 35.4 Å². The van der Waals surface area contributed by atoms with Crippen molar-refractivity contribution in [2.45, 2.75) is 24.6 Å². The molecule has 3 aromatic rings. The molecule has 1 aromatic carbocycles. The minimum atomic E-state index is 0.331. The maximum Gasteiger partial charge on any atom is 0.116 e. The first-order valence-corrected chi connectivity index (χ1v) is 10.7. The van der Waals surface area contributed by atoms with Crippen LogP contribution in [0.4, 0.5) is 0 Å². The van der Waals surface area contributed by atoms with Gasteiger partial charge >= 0.3 is 0 Å². The maximum absolute atomic E-state index is 9.68. The Morgan fingerprint density at radius 2 is 2.24 bits per heavy atom. The van der Waals surface area contributed by atoms with Gasteiger partial charge in [0, 0.05) is 40.3 Å². The van der Waals surface area contributed by atoms with Gasteiger partial charge < -0.3 is 15.4 Å². The van der Waals surface area contributed by atoms with Gasteiger partial charge in [-0.25, -0.2) is 0 Å². The molecule has 0 aliphatic carbocycles. The summed E-state index contributed by atoms with van der Waals surface area (Å²) in [6.45, 7) is 0.976. The predicted octanol–water partition coefficient (Wildman–Crippen LogP) is 5.00. The fourth-order valence-corrected chi connectivity index (χ4v) is 5.16. The highest BCUT2D eigenvalue weighted by atomic mass is 32.2. The molecule has 0 radical (unpaired) electrons. The lowest BCUT2D eigenvalue weighted by molar-refractivity contribution is 0.476. The first kappa shape index (κ1) is 16.8. The Kier molecular flexibility index (Phi) is 5.15. The van der Waals surface area contributed by atoms with Crippen LogP contribution in [0.3, 0.4) is 0 Å². The normalized spacial score (nSPS) is 17.8. The first-order valence-electron chi connectivity index (χ1n) is 8.62. The minimum Gasteiger partial charge on any atom is -0.508 e. The molecule has 5 heteroatoms. The van der Waals surface area contributed by atoms with Gasteiger partial charge in [-0.3, -0.25) is 0 Å². The summed E-state index contributed by atoms with van der Waals surface area (Å²) in [7, 11) is 0. The van der Waals surface area contributed by atoms with E-state index in [0.29, 0.717) is 11.8 Å². The van der Waals surface area contributed by atoms with Crippen molar-refractivity contribution in [3.63, 3.8) is 0 Å². The van der Waals surface area contributed by atoms with Crippen LogP contribution in [0, 0.1) is 0 Å². The molecule has 2 aromatic heterocycles. The predicted molar refractivity (Wildman–Crippen MR) is 109 cm³/mol. The number of aromatic hydroxyl groups is 1. The number of hydrogen-bond acceptors (Lipinski definition) is 4. The Morgan fingerprint density at radius 3 is 3.12 bits per heavy atom. The van der Waals surface area contributed by atoms with Gasteiger partial charge in [-0.15, -0.1) is 11.3 Å². The molecule has 1 unspecified atom stereocenters. The van der Waals surface area contributed by atoms with Crippen LogP contribution in [0.5, 0.6) is 5.75 Å². The molecular weight excluding hydrogens is 348 g/mol. The Balaban J connectivity index is 1.28. The summed E-state index contributed by atoms with van der Waals surface area (Å²) in [5.74, 6) is 2.45. The number of aromatic amines is 1. The van der Waals surface area contributed by atoms with Crippen LogP contribution in [0.2, 0.25) is 0 Å². The molecule has 0 bridgehead atoms. The third-order valence-corrected chi connectivity index (χ3v) is 6.66. The second-order valence-corrected chi connectivity index (χ2v) is 8.45. The zero-order valence-corrected chi connectivity index (χ0v) is 15.6. The highest BCUT2D eigenvalue weighted by molar-refractivity contribution is 7.98. The van der Waals surface area contributed by atoms with Gasteiger partial charge in [-0.05, 0) is 59.4 Å². The van der Waals surface area contributed by atoms with Crippen LogP contribution in [-0.4, -0.2) is 28.4 Å². The number of nitrogens with one attached hydrogen (secondary N) is 2. The molecule has 0 saturated carbocycles. The summed E-state index contributed by atoms with van der Waals surface area (Å²) in [4.78, 5) is 4.70. The minimum absolute atomic E-state index is 0.331. The molecule has 25 heavy (non-hydrogen) atoms. The molecule has 1 aliphatic rings. The topological polar surface area (TPSA) is 48.0 Å². The largest absolute Gasteiger partial charge is 0.508 e. The van der Waals surface area contributed by atoms with E-state index in [-0.39, 0.29) is 0 Å². The van der Waals surface area contributed by atoms with Gasteiger partial charge in [-0.1, -0.05) is 12.1 Å². The third kappa shape index (κ3) is 3.94. The summed E-state index contributed by atoms with van der Waals surface area (Å²) in [5.41, 5.74) is 3.86. The number of thiophene rings is 1. The molecule has 3 nitrogen and oxygen atoms in total. The molecular formula is C20H22N2OS2. The van der Waals surface area contributed by atoms with Crippen LogP contribution in [0.15, 0.2) is 48.0 Å². The van der Waals surface area contributed by atoms with Gasteiger partial charge in [0.25, 0.3) is 0 Å². The standard InChI is InChI=1S/C20H22N2OS2/c23-17-3-4-19-18(11-17)15(12-22-19)13-24-9-6-16-10-14(5-7-21-16)20-2-1-8-25-20/h1-5,8,11-12,16,21-23H,6-7,9-10,13H2. The highest BCUT2D eigenvalue weighted by Gasteiger charge is 2.16. The summed E-state index contributed by atoms with van der Waals surface area (Å²) in [5, 5.41) is 16.6. The Labute approximate surface area is 156 Å². The van der Waals surface area contributed by atoms with Gasteiger partial charge in [0.2, 0.25) is 0 Å². The monoisotopic (exact) mass is 370 g/mol. The third-order valence-electron chi connectivity index (χ3n) is 4.68. The molecule has 0 amide bonds. The molecule has 3 heterocycles. The summed E-state index contributed by atoms with van der Waals surface area (Å²) in [6, 6.07) is 10.4. The maximum atomic E-state index is 9.68. The number of fused-ring (bicyclic) bond motifs is 1. The number of hydrogen-bond donors (Lipinski definition) is 3. The number of H-pyrrole nitrogens is 1. The second-order valence-electron chi connectivity index (χ2n) is 6.40. The van der Waals surface area contributed by atoms with Gasteiger partial charge in [-0.2, -0.15) is 11.8 Å². The van der Waals surface area contributed by atoms with Crippen molar-refractivity contribution in [3.05, 3.63) is 58.4 Å². The quantitative estimate of drug-likeness (QED) is 0.535. The SMILES string of the molecule is Oc1ccc2[nH]cc(CSCCC3CC(c4cccs4)=CCN3)c2c1. The summed E-state index contributed by atoms with van der Waals surface area (Å²) in [6.07, 6.45) is 6.70. The van der Waals surface area contributed by atoms with Crippen molar-refractivity contribution in [2.75, 3.05) is 12.3 Å². The number of thioether (sulfide) groups is 1. The molecule has 0 spiro atoms. The molecule has 1 aliphatic heterocycles. The Bertz CT molecular complexity index is 867. The van der Waals surface area contributed by atoms with E-state index < -0.39 is 0 Å². The molecule has 1 atom stereocenters. The number of benzene rings is 1. The zero-order chi connectivity index (χ0) is 17.1. The zero-order valence-electron chi connectivity index (χ0n) is 14.0. The van der Waals surface area contributed by atoms with Crippen LogP contribution in [-0.2, 0) is 5.75 Å². The van der Waals surface area contributed by atoms with Gasteiger partial charge in [0.15, 0.2) is 0 Å². The fraction of sp³-hybridized carbons (Fsp3) is 0.300. The highest BCUT2D eigenvalue weighted by Crippen LogP contribution is 2.29. The van der Waals surface area contributed by atoms with Crippen molar-refractivity contribution in [3.8, 4) is 5.75 Å². The van der Waals surface area contributed by atoms with Gasteiger partial charge in [0.1, 0.15) is 5.75 Å². The van der Waals surface area contributed by atoms with E-state index in [4.69, 9.17) is 0 Å². The average Bonchev–Trinajstić information content (AvgIpc) is 3.29. The number of aromatic nitrogens is 1. The number of phenolic OH excluding ortho intramolecular Hbond substituents is 1. The van der Waals surface area contributed by atoms with Crippen molar-refractivity contribution in [1.82, 2.24) is 10.3 Å². The molecule has 130 valence electrons. The van der Waals surface area contributed by atoms with E-state index in [2.05, 4.69) is 40.1 Å². The lowest BCUT2D eigenvalue weighted by Crippen LogP contribution is -2.33. The van der Waals surface area contributed by atoms with Crippen LogP contribution < -0.4 is 5.32 Å². The van der Waals surface area contributed by atoms with Crippen molar-refractivity contribution < 1.29 is 5.11 Å². The number of phenols is 1. The van der Waals surface area contributed by atoms with Crippen LogP contribution in [0.25, 0.3) is 16.5 Å². The summed E-state index contributed by atoms with van der Waals surface area (Å²) < 4.78 is 0.